The van der Waals surface area contributed by atoms with Crippen molar-refractivity contribution in [2.45, 2.75) is 55.5 Å². The lowest BCUT2D eigenvalue weighted by atomic mass is 10.2. The third kappa shape index (κ3) is 5.60. The molecule has 0 spiro atoms. The van der Waals surface area contributed by atoms with Crippen molar-refractivity contribution in [2.75, 3.05) is 13.1 Å². The van der Waals surface area contributed by atoms with E-state index in [4.69, 9.17) is 4.74 Å². The number of piperidine rings is 1. The predicted molar refractivity (Wildman–Crippen MR) is 115 cm³/mol. The summed E-state index contributed by atoms with van der Waals surface area (Å²) in [4.78, 5) is 0.143. The number of hydrogen-bond donors (Lipinski definition) is 1. The number of sulfonamides is 2. The second kappa shape index (κ2) is 9.47. The molecule has 0 bridgehead atoms. The predicted octanol–water partition coefficient (Wildman–Crippen LogP) is 3.13. The molecule has 1 aliphatic heterocycles. The van der Waals surface area contributed by atoms with Crippen molar-refractivity contribution in [1.82, 2.24) is 9.03 Å². The van der Waals surface area contributed by atoms with Gasteiger partial charge in [-0.15, -0.1) is 0 Å². The van der Waals surface area contributed by atoms with Crippen molar-refractivity contribution < 1.29 is 21.6 Å². The second-order valence-electron chi connectivity index (χ2n) is 7.57. The molecule has 1 N–H and O–H groups in total. The molecular formula is C21H28N2O5S2. The first kappa shape index (κ1) is 22.7. The lowest BCUT2D eigenvalue weighted by Crippen LogP contribution is -2.35. The van der Waals surface area contributed by atoms with Crippen LogP contribution in [-0.2, 0) is 26.6 Å². The van der Waals surface area contributed by atoms with E-state index in [2.05, 4.69) is 4.72 Å². The summed E-state index contributed by atoms with van der Waals surface area (Å²) in [6, 6.07) is 12.6. The Morgan fingerprint density at radius 3 is 2.00 bits per heavy atom. The lowest BCUT2D eigenvalue weighted by molar-refractivity contribution is 0.242. The van der Waals surface area contributed by atoms with Gasteiger partial charge in [0.15, 0.2) is 0 Å². The van der Waals surface area contributed by atoms with Crippen LogP contribution in [0, 0.1) is 0 Å². The first-order valence-corrected chi connectivity index (χ1v) is 13.0. The minimum atomic E-state index is -3.76. The summed E-state index contributed by atoms with van der Waals surface area (Å²) in [6.45, 7) is 5.00. The fourth-order valence-electron chi connectivity index (χ4n) is 3.26. The number of benzene rings is 2. The maximum Gasteiger partial charge on any atom is 0.243 e. The van der Waals surface area contributed by atoms with Crippen LogP contribution >= 0.6 is 0 Å². The molecule has 0 saturated carbocycles. The summed E-state index contributed by atoms with van der Waals surface area (Å²) in [5, 5.41) is 0. The molecule has 0 aromatic heterocycles. The van der Waals surface area contributed by atoms with Gasteiger partial charge >= 0.3 is 0 Å². The minimum Gasteiger partial charge on any atom is -0.491 e. The zero-order valence-corrected chi connectivity index (χ0v) is 18.9. The maximum absolute atomic E-state index is 12.7. The van der Waals surface area contributed by atoms with Crippen molar-refractivity contribution in [3.63, 3.8) is 0 Å². The molecule has 0 radical (unpaired) electrons. The molecule has 1 aliphatic rings. The van der Waals surface area contributed by atoms with Gasteiger partial charge in [0.05, 0.1) is 15.9 Å². The van der Waals surface area contributed by atoms with Crippen molar-refractivity contribution in [3.05, 3.63) is 54.1 Å². The molecule has 7 nitrogen and oxygen atoms in total. The van der Waals surface area contributed by atoms with Gasteiger partial charge in [0.25, 0.3) is 0 Å². The molecule has 1 saturated heterocycles. The van der Waals surface area contributed by atoms with Crippen LogP contribution in [0.1, 0.15) is 38.7 Å². The Balaban J connectivity index is 1.66. The van der Waals surface area contributed by atoms with Crippen LogP contribution in [0.15, 0.2) is 58.3 Å². The van der Waals surface area contributed by atoms with E-state index in [0.29, 0.717) is 13.1 Å². The fraction of sp³-hybridized carbons (Fsp3) is 0.429. The van der Waals surface area contributed by atoms with Gasteiger partial charge in [0, 0.05) is 19.6 Å². The van der Waals surface area contributed by atoms with E-state index in [-0.39, 0.29) is 22.4 Å². The summed E-state index contributed by atoms with van der Waals surface area (Å²) < 4.78 is 60.2. The highest BCUT2D eigenvalue weighted by Gasteiger charge is 2.26. The molecule has 3 rings (SSSR count). The molecule has 0 unspecified atom stereocenters. The van der Waals surface area contributed by atoms with Gasteiger partial charge in [-0.05, 0) is 68.7 Å². The Kier molecular flexibility index (Phi) is 7.18. The summed E-state index contributed by atoms with van der Waals surface area (Å²) >= 11 is 0. The van der Waals surface area contributed by atoms with E-state index in [1.807, 2.05) is 13.8 Å². The molecule has 0 aliphatic carbocycles. The van der Waals surface area contributed by atoms with Crippen LogP contribution in [0.25, 0.3) is 0 Å². The van der Waals surface area contributed by atoms with Gasteiger partial charge in [-0.2, -0.15) is 4.31 Å². The highest BCUT2D eigenvalue weighted by Crippen LogP contribution is 2.22. The average Bonchev–Trinajstić information content (AvgIpc) is 2.74. The minimum absolute atomic E-state index is 0.0276. The summed E-state index contributed by atoms with van der Waals surface area (Å²) in [5.41, 5.74) is 0.791. The summed E-state index contributed by atoms with van der Waals surface area (Å²) in [6.07, 6.45) is 2.79. The molecular weight excluding hydrogens is 424 g/mol. The standard InChI is InChI=1S/C21H28N2O5S2/c1-17(2)28-19-8-6-18(7-9-19)16-22-29(24,25)20-10-12-21(13-11-20)30(26,27)23-14-4-3-5-15-23/h6-13,17,22H,3-5,14-16H2,1-2H3. The number of nitrogens with one attached hydrogen (secondary N) is 1. The van der Waals surface area contributed by atoms with Crippen LogP contribution in [0.5, 0.6) is 5.75 Å². The Morgan fingerprint density at radius 1 is 0.867 bits per heavy atom. The van der Waals surface area contributed by atoms with E-state index in [1.54, 1.807) is 24.3 Å². The van der Waals surface area contributed by atoms with Crippen molar-refractivity contribution >= 4 is 20.0 Å². The van der Waals surface area contributed by atoms with E-state index in [1.165, 1.54) is 28.6 Å². The quantitative estimate of drug-likeness (QED) is 0.664. The molecule has 0 atom stereocenters. The van der Waals surface area contributed by atoms with Gasteiger partial charge in [0.2, 0.25) is 20.0 Å². The number of rotatable bonds is 8. The van der Waals surface area contributed by atoms with E-state index < -0.39 is 20.0 Å². The lowest BCUT2D eigenvalue weighted by Gasteiger charge is -2.25. The Bertz CT molecular complexity index is 1040. The third-order valence-corrected chi connectivity index (χ3v) is 8.18. The van der Waals surface area contributed by atoms with Gasteiger partial charge in [-0.1, -0.05) is 18.6 Å². The Morgan fingerprint density at radius 2 is 1.43 bits per heavy atom. The number of nitrogens with zero attached hydrogens (tertiary/aromatic N) is 1. The van der Waals surface area contributed by atoms with Gasteiger partial charge < -0.3 is 4.74 Å². The Hall–Kier alpha value is -1.94. The summed E-state index contributed by atoms with van der Waals surface area (Å²) in [5.74, 6) is 0.724. The SMILES string of the molecule is CC(C)Oc1ccc(CNS(=O)(=O)c2ccc(S(=O)(=O)N3CCCCC3)cc2)cc1. The van der Waals surface area contributed by atoms with Gasteiger partial charge in [-0.25, -0.2) is 21.6 Å². The van der Waals surface area contributed by atoms with Gasteiger partial charge in [-0.3, -0.25) is 0 Å². The molecule has 1 heterocycles. The molecule has 30 heavy (non-hydrogen) atoms. The maximum atomic E-state index is 12.7. The normalized spacial score (nSPS) is 16.0. The first-order valence-electron chi connectivity index (χ1n) is 10.0. The van der Waals surface area contributed by atoms with Crippen LogP contribution in [-0.4, -0.2) is 40.3 Å². The summed E-state index contributed by atoms with van der Waals surface area (Å²) in [7, 11) is -7.35. The monoisotopic (exact) mass is 452 g/mol. The topological polar surface area (TPSA) is 92.8 Å². The van der Waals surface area contributed by atoms with Crippen LogP contribution in [0.2, 0.25) is 0 Å². The number of ether oxygens (including phenoxy) is 1. The van der Waals surface area contributed by atoms with E-state index in [0.717, 1.165) is 30.6 Å². The second-order valence-corrected chi connectivity index (χ2v) is 11.3. The van der Waals surface area contributed by atoms with Crippen molar-refractivity contribution in [3.8, 4) is 5.75 Å². The third-order valence-electron chi connectivity index (χ3n) is 4.85. The zero-order valence-electron chi connectivity index (χ0n) is 17.2. The first-order chi connectivity index (χ1) is 14.2. The number of hydrogen-bond acceptors (Lipinski definition) is 5. The molecule has 2 aromatic carbocycles. The molecule has 9 heteroatoms. The largest absolute Gasteiger partial charge is 0.491 e. The molecule has 0 amide bonds. The molecule has 1 fully saturated rings. The van der Waals surface area contributed by atoms with E-state index >= 15 is 0 Å². The Labute approximate surface area is 179 Å². The molecule has 2 aromatic rings. The zero-order chi connectivity index (χ0) is 21.8. The smallest absolute Gasteiger partial charge is 0.243 e. The molecule has 164 valence electrons. The highest BCUT2D eigenvalue weighted by atomic mass is 32.2. The van der Waals surface area contributed by atoms with Crippen molar-refractivity contribution in [2.24, 2.45) is 0 Å². The van der Waals surface area contributed by atoms with Crippen molar-refractivity contribution in [1.29, 1.82) is 0 Å². The highest BCUT2D eigenvalue weighted by molar-refractivity contribution is 7.89. The average molecular weight is 453 g/mol. The van der Waals surface area contributed by atoms with E-state index in [9.17, 15) is 16.8 Å². The van der Waals surface area contributed by atoms with Gasteiger partial charge in [0.1, 0.15) is 5.75 Å². The van der Waals surface area contributed by atoms with Crippen LogP contribution in [0.4, 0.5) is 0 Å². The fourth-order valence-corrected chi connectivity index (χ4v) is 5.80. The van der Waals surface area contributed by atoms with Crippen LogP contribution in [0.3, 0.4) is 0 Å². The van der Waals surface area contributed by atoms with Crippen LogP contribution < -0.4 is 9.46 Å².